The van der Waals surface area contributed by atoms with E-state index in [0.717, 1.165) is 91.6 Å². The van der Waals surface area contributed by atoms with Crippen molar-refractivity contribution in [2.45, 2.75) is 82.5 Å². The molecule has 16 rings (SSSR count). The molecule has 8 aromatic heterocycles. The van der Waals surface area contributed by atoms with Crippen molar-refractivity contribution >= 4 is 90.0 Å². The van der Waals surface area contributed by atoms with Crippen LogP contribution in [-0.4, -0.2) is 63.5 Å². The molecule has 8 aromatic carbocycles. The van der Waals surface area contributed by atoms with E-state index in [1.165, 1.54) is 48.9 Å². The first-order valence-electron chi connectivity index (χ1n) is 38.5. The third-order valence-electron chi connectivity index (χ3n) is 19.8. The second kappa shape index (κ2) is 39.0. The number of aromatic amines is 2. The van der Waals surface area contributed by atoms with Gasteiger partial charge >= 0.3 is 24.7 Å². The third kappa shape index (κ3) is 23.9. The summed E-state index contributed by atoms with van der Waals surface area (Å²) in [5.41, 5.74) is 10.1. The van der Waals surface area contributed by atoms with E-state index in [0.29, 0.717) is 110 Å². The van der Waals surface area contributed by atoms with Gasteiger partial charge in [-0.2, -0.15) is 52.7 Å². The van der Waals surface area contributed by atoms with Gasteiger partial charge in [0, 0.05) is 155 Å². The number of pyridine rings is 6. The van der Waals surface area contributed by atoms with Crippen molar-refractivity contribution in [3.8, 4) is 33.4 Å². The van der Waals surface area contributed by atoms with Crippen molar-refractivity contribution in [1.82, 2.24) is 39.9 Å². The van der Waals surface area contributed by atoms with Gasteiger partial charge in [0.1, 0.15) is 0 Å². The molecule has 0 atom stereocenters. The minimum Gasteiger partial charge on any atom is -0.361 e. The monoisotopic (exact) mass is 1670 g/mol. The highest BCUT2D eigenvalue weighted by Crippen LogP contribution is 2.39. The molecule has 16 aromatic rings. The number of carbonyl (C=O) groups excluding carboxylic acids is 4. The fourth-order valence-electron chi connectivity index (χ4n) is 13.6. The van der Waals surface area contributed by atoms with Crippen LogP contribution in [0.1, 0.15) is 81.3 Å². The highest BCUT2D eigenvalue weighted by atomic mass is 19.4. The van der Waals surface area contributed by atoms with Crippen LogP contribution in [0.25, 0.3) is 77.0 Å². The average molecular weight is 1680 g/mol. The van der Waals surface area contributed by atoms with Crippen LogP contribution < -0.4 is 21.3 Å². The van der Waals surface area contributed by atoms with E-state index in [-0.39, 0.29) is 55.7 Å². The zero-order valence-electron chi connectivity index (χ0n) is 65.1. The lowest BCUT2D eigenvalue weighted by Crippen LogP contribution is -2.13. The van der Waals surface area contributed by atoms with Crippen LogP contribution in [0.2, 0.25) is 0 Å². The molecule has 123 heavy (non-hydrogen) atoms. The largest absolute Gasteiger partial charge is 0.416 e. The molecule has 0 aliphatic rings. The van der Waals surface area contributed by atoms with Gasteiger partial charge in [-0.05, 0) is 233 Å². The molecule has 0 spiro atoms. The van der Waals surface area contributed by atoms with Gasteiger partial charge in [0.2, 0.25) is 23.6 Å². The highest BCUT2D eigenvalue weighted by Gasteiger charge is 2.35. The average Bonchev–Trinajstić information content (AvgIpc) is 1.70. The number of fused-ring (bicyclic) bond motifs is 4. The Morgan fingerprint density at radius 3 is 1.20 bits per heavy atom. The lowest BCUT2D eigenvalue weighted by Gasteiger charge is -2.14. The van der Waals surface area contributed by atoms with Crippen molar-refractivity contribution in [3.05, 3.63) is 361 Å². The fourth-order valence-corrected chi connectivity index (χ4v) is 13.6. The Morgan fingerprint density at radius 2 is 0.699 bits per heavy atom. The summed E-state index contributed by atoms with van der Waals surface area (Å²) in [6.07, 6.45) is 3.71. The van der Waals surface area contributed by atoms with Gasteiger partial charge in [-0.3, -0.25) is 49.1 Å². The predicted molar refractivity (Wildman–Crippen MR) is 450 cm³/mol. The van der Waals surface area contributed by atoms with Crippen molar-refractivity contribution in [3.63, 3.8) is 0 Å². The van der Waals surface area contributed by atoms with Crippen molar-refractivity contribution in [2.75, 3.05) is 21.3 Å². The Morgan fingerprint density at radius 1 is 0.293 bits per heavy atom. The van der Waals surface area contributed by atoms with Gasteiger partial charge in [-0.15, -0.1) is 0 Å². The summed E-state index contributed by atoms with van der Waals surface area (Å²) in [4.78, 5) is 80.6. The number of nitrogens with one attached hydrogen (secondary N) is 6. The third-order valence-corrected chi connectivity index (χ3v) is 19.8. The van der Waals surface area contributed by atoms with Crippen molar-refractivity contribution in [1.29, 1.82) is 0 Å². The summed E-state index contributed by atoms with van der Waals surface area (Å²) in [6.45, 7) is 0. The number of anilines is 4. The van der Waals surface area contributed by atoms with Crippen LogP contribution >= 0.6 is 0 Å². The first-order chi connectivity index (χ1) is 59.1. The first-order valence-corrected chi connectivity index (χ1v) is 38.5. The molecule has 0 saturated heterocycles. The molecule has 0 unspecified atom stereocenters. The Kier molecular flexibility index (Phi) is 27.3. The number of alkyl halides is 12. The first kappa shape index (κ1) is 86.2. The number of nitrogens with zero attached hydrogens (tertiary/aromatic N) is 6. The number of aromatic nitrogens is 8. The summed E-state index contributed by atoms with van der Waals surface area (Å²) in [7, 11) is 0. The minimum atomic E-state index is -4.45. The molecule has 0 radical (unpaired) electrons. The van der Waals surface area contributed by atoms with Crippen LogP contribution in [0.4, 0.5) is 75.4 Å². The normalized spacial score (nSPS) is 11.5. The smallest absolute Gasteiger partial charge is 0.361 e. The van der Waals surface area contributed by atoms with E-state index in [1.54, 1.807) is 98.0 Å². The molecule has 0 aliphatic carbocycles. The Bertz CT molecular complexity index is 6170. The number of benzene rings is 8. The van der Waals surface area contributed by atoms with E-state index < -0.39 is 47.0 Å². The Hall–Kier alpha value is -14.7. The summed E-state index contributed by atoms with van der Waals surface area (Å²) in [6, 6.07) is 61.7. The molecule has 16 nitrogen and oxygen atoms in total. The molecule has 0 aliphatic heterocycles. The molecular weight excluding hydrogens is 1600 g/mol. The summed E-state index contributed by atoms with van der Waals surface area (Å²) < 4.78 is 158. The number of aryl methyl sites for hydroxylation is 4. The molecule has 4 amide bonds. The number of H-pyrrole nitrogens is 2. The topological polar surface area (TPSA) is 225 Å². The van der Waals surface area contributed by atoms with Gasteiger partial charge in [0.25, 0.3) is 0 Å². The SMILES string of the molecule is O=C(CCc1ccc(C(F)(F)F)cc1-c1cccnc1)Nc1ccc2cc[nH]c2c1.O=C(CCc1ccc(C(F)(F)F)cc1-c1cccnc1)Nc1ccc2cccnc2c1.O=C(CCc1ccc(C(F)(F)F)cc1-c1cccnc1)Nc1cnc2ccccc2c1.O=C(CCc1ccc(C(F)(F)F)cc1Cc1cccnc1)Nc1ccc2[nH]ccc2c1. The second-order valence-electron chi connectivity index (χ2n) is 28.4. The van der Waals surface area contributed by atoms with Crippen LogP contribution in [0.15, 0.2) is 305 Å². The number of hydrogen-bond donors (Lipinski definition) is 6. The quantitative estimate of drug-likeness (QED) is 0.0373. The van der Waals surface area contributed by atoms with Crippen molar-refractivity contribution in [2.24, 2.45) is 0 Å². The maximum Gasteiger partial charge on any atom is 0.416 e. The lowest BCUT2D eigenvalue weighted by atomic mass is 9.95. The molecule has 0 saturated carbocycles. The Labute approximate surface area is 696 Å². The van der Waals surface area contributed by atoms with Gasteiger partial charge < -0.3 is 31.2 Å². The maximum atomic E-state index is 13.2. The number of para-hydroxylation sites is 1. The standard InChI is InChI=1S/C24H18F3N3O.C24H20F3N3O.C24H18F3N3O.C23H18F3N3O/c25-24(26,27)19-8-5-16(21(13-19)18-4-1-11-28-15-18)7-10-23(31)30-20-9-6-17-3-2-12-29-22(17)14-20;25-24(26,27)20-5-3-17(19(13-20)12-16-2-1-10-28-15-16)4-8-23(31)30-21-6-7-22-18(14-21)9-11-29-22;25-24(26,27)19-9-7-16(21(13-19)18-5-3-11-28-14-18)8-10-23(31)30-20-12-17-4-1-2-6-22(17)29-15-20;24-23(25,26)18-6-3-15(20(12-18)17-2-1-10-27-14-17)5-8-22(30)29-19-7-4-16-9-11-28-21(16)13-19/h1-6,8-9,11-15H,7,10H2,(H,30,31);1-3,5-7,9-11,13-15,29H,4,8,12H2,(H,30,31);1-7,9,11-15H,8,10H2,(H,30,31);1-4,6-7,9-14,28H,5,8H2,(H,29,30). The van der Waals surface area contributed by atoms with Gasteiger partial charge in [0.05, 0.1) is 45.2 Å². The number of rotatable bonds is 21. The zero-order chi connectivity index (χ0) is 86.7. The molecule has 0 bridgehead atoms. The van der Waals surface area contributed by atoms with Crippen LogP contribution in [0.3, 0.4) is 0 Å². The maximum absolute atomic E-state index is 13.2. The van der Waals surface area contributed by atoms with Crippen LogP contribution in [0.5, 0.6) is 0 Å². The minimum absolute atomic E-state index is 0.117. The molecule has 8 heterocycles. The fraction of sp³-hybridized carbons (Fsp3) is 0.137. The van der Waals surface area contributed by atoms with E-state index >= 15 is 0 Å². The summed E-state index contributed by atoms with van der Waals surface area (Å²) in [5.74, 6) is -0.874. The van der Waals surface area contributed by atoms with Gasteiger partial charge in [-0.25, -0.2) is 0 Å². The Balaban J connectivity index is 0.000000141. The van der Waals surface area contributed by atoms with Crippen LogP contribution in [0, 0.1) is 0 Å². The highest BCUT2D eigenvalue weighted by molar-refractivity contribution is 5.97. The summed E-state index contributed by atoms with van der Waals surface area (Å²) >= 11 is 0. The summed E-state index contributed by atoms with van der Waals surface area (Å²) in [5, 5.41) is 15.2. The molecule has 0 fully saturated rings. The molecular formula is C95H74F12N12O4. The van der Waals surface area contributed by atoms with Gasteiger partial charge in [-0.1, -0.05) is 84.9 Å². The van der Waals surface area contributed by atoms with Gasteiger partial charge in [0.15, 0.2) is 0 Å². The van der Waals surface area contributed by atoms with E-state index in [4.69, 9.17) is 0 Å². The number of hydrogen-bond acceptors (Lipinski definition) is 10. The van der Waals surface area contributed by atoms with Crippen molar-refractivity contribution < 1.29 is 71.9 Å². The van der Waals surface area contributed by atoms with E-state index in [1.807, 2.05) is 116 Å². The molecule has 6 N–H and O–H groups in total. The number of halogens is 12. The number of carbonyl (C=O) groups is 4. The zero-order valence-corrected chi connectivity index (χ0v) is 65.1. The number of amides is 4. The molecule has 622 valence electrons. The second-order valence-corrected chi connectivity index (χ2v) is 28.4. The molecule has 28 heteroatoms. The predicted octanol–water partition coefficient (Wildman–Crippen LogP) is 23.3. The van der Waals surface area contributed by atoms with E-state index in [9.17, 15) is 71.9 Å². The van der Waals surface area contributed by atoms with Crippen LogP contribution in [-0.2, 0) is 76.0 Å². The van der Waals surface area contributed by atoms with E-state index in [2.05, 4.69) is 61.1 Å². The lowest BCUT2D eigenvalue weighted by molar-refractivity contribution is -0.138.